The molecule has 0 unspecified atom stereocenters. The fraction of sp³-hybridized carbons (Fsp3) is 0.389. The van der Waals surface area contributed by atoms with Crippen molar-refractivity contribution in [1.29, 1.82) is 5.26 Å². The Hall–Kier alpha value is -3.01. The summed E-state index contributed by atoms with van der Waals surface area (Å²) < 4.78 is 7.40. The van der Waals surface area contributed by atoms with Crippen molar-refractivity contribution in [3.63, 3.8) is 0 Å². The number of benzene rings is 1. The molecular formula is C18H22N4O3. The van der Waals surface area contributed by atoms with Crippen LogP contribution < -0.4 is 21.3 Å². The van der Waals surface area contributed by atoms with Gasteiger partial charge in [-0.2, -0.15) is 5.26 Å². The SMILES string of the molecule is COc1ccc([C@H](Nc2c(C#N)c(=O)n(C)c(=O)n2C)C(C)C)cc1. The molecular weight excluding hydrogens is 320 g/mol. The summed E-state index contributed by atoms with van der Waals surface area (Å²) in [6, 6.07) is 9.26. The number of nitrogens with zero attached hydrogens (tertiary/aromatic N) is 3. The third-order valence-corrected chi connectivity index (χ3v) is 4.21. The highest BCUT2D eigenvalue weighted by Gasteiger charge is 2.22. The summed E-state index contributed by atoms with van der Waals surface area (Å²) in [4.78, 5) is 24.4. The maximum atomic E-state index is 12.2. The van der Waals surface area contributed by atoms with Gasteiger partial charge in [-0.25, -0.2) is 4.79 Å². The first-order valence-electron chi connectivity index (χ1n) is 7.92. The third kappa shape index (κ3) is 3.43. The van der Waals surface area contributed by atoms with Gasteiger partial charge in [0.1, 0.15) is 17.6 Å². The summed E-state index contributed by atoms with van der Waals surface area (Å²) in [6.07, 6.45) is 0. The van der Waals surface area contributed by atoms with Gasteiger partial charge in [-0.3, -0.25) is 13.9 Å². The van der Waals surface area contributed by atoms with E-state index in [0.29, 0.717) is 0 Å². The van der Waals surface area contributed by atoms with Crippen LogP contribution in [0.25, 0.3) is 0 Å². The molecule has 0 radical (unpaired) electrons. The van der Waals surface area contributed by atoms with Crippen LogP contribution in [0.1, 0.15) is 31.0 Å². The number of ether oxygens (including phenoxy) is 1. The van der Waals surface area contributed by atoms with E-state index < -0.39 is 11.2 Å². The predicted molar refractivity (Wildman–Crippen MR) is 95.8 cm³/mol. The fourth-order valence-electron chi connectivity index (χ4n) is 2.71. The fourth-order valence-corrected chi connectivity index (χ4v) is 2.71. The lowest BCUT2D eigenvalue weighted by Crippen LogP contribution is -2.40. The molecule has 0 saturated heterocycles. The average Bonchev–Trinajstić information content (AvgIpc) is 2.61. The van der Waals surface area contributed by atoms with Gasteiger partial charge in [-0.1, -0.05) is 26.0 Å². The number of rotatable bonds is 5. The van der Waals surface area contributed by atoms with Crippen LogP contribution in [-0.2, 0) is 14.1 Å². The van der Waals surface area contributed by atoms with Crippen molar-refractivity contribution in [2.75, 3.05) is 12.4 Å². The molecule has 0 saturated carbocycles. The van der Waals surface area contributed by atoms with E-state index in [0.717, 1.165) is 15.9 Å². The number of hydrogen-bond acceptors (Lipinski definition) is 5. The molecule has 0 aliphatic carbocycles. The van der Waals surface area contributed by atoms with Gasteiger partial charge in [0.2, 0.25) is 0 Å². The van der Waals surface area contributed by atoms with Crippen LogP contribution in [-0.4, -0.2) is 16.2 Å². The molecule has 0 bridgehead atoms. The molecule has 0 aliphatic heterocycles. The molecule has 1 atom stereocenters. The molecule has 7 nitrogen and oxygen atoms in total. The van der Waals surface area contributed by atoms with E-state index in [4.69, 9.17) is 4.74 Å². The molecule has 132 valence electrons. The minimum Gasteiger partial charge on any atom is -0.497 e. The molecule has 1 aromatic heterocycles. The van der Waals surface area contributed by atoms with Crippen molar-refractivity contribution in [3.8, 4) is 11.8 Å². The van der Waals surface area contributed by atoms with Crippen LogP contribution in [0.5, 0.6) is 5.75 Å². The van der Waals surface area contributed by atoms with Crippen molar-refractivity contribution in [3.05, 3.63) is 56.2 Å². The monoisotopic (exact) mass is 342 g/mol. The lowest BCUT2D eigenvalue weighted by atomic mass is 9.95. The van der Waals surface area contributed by atoms with Crippen LogP contribution in [0.4, 0.5) is 5.82 Å². The molecule has 0 amide bonds. The first-order valence-corrected chi connectivity index (χ1v) is 7.92. The number of nitrogens with one attached hydrogen (secondary N) is 1. The van der Waals surface area contributed by atoms with E-state index >= 15 is 0 Å². The molecule has 2 rings (SSSR count). The molecule has 0 aliphatic rings. The van der Waals surface area contributed by atoms with Gasteiger partial charge in [-0.05, 0) is 23.6 Å². The Morgan fingerprint density at radius 1 is 1.12 bits per heavy atom. The summed E-state index contributed by atoms with van der Waals surface area (Å²) in [5, 5.41) is 12.6. The smallest absolute Gasteiger partial charge is 0.332 e. The molecule has 25 heavy (non-hydrogen) atoms. The molecule has 0 spiro atoms. The highest BCUT2D eigenvalue weighted by Crippen LogP contribution is 2.28. The van der Waals surface area contributed by atoms with Gasteiger partial charge in [0, 0.05) is 14.1 Å². The highest BCUT2D eigenvalue weighted by molar-refractivity contribution is 5.53. The standard InChI is InChI=1S/C18H22N4O3/c1-11(2)15(12-6-8-13(25-5)9-7-12)20-16-14(10-19)17(23)22(4)18(24)21(16)3/h6-9,11,15,20H,1-5H3/t15-/m1/s1. The molecule has 1 heterocycles. The Bertz CT molecular complexity index is 918. The third-order valence-electron chi connectivity index (χ3n) is 4.21. The van der Waals surface area contributed by atoms with Crippen molar-refractivity contribution < 1.29 is 4.74 Å². The Morgan fingerprint density at radius 2 is 1.72 bits per heavy atom. The Balaban J connectivity index is 2.56. The Kier molecular flexibility index (Phi) is 5.32. The van der Waals surface area contributed by atoms with Crippen molar-refractivity contribution in [2.45, 2.75) is 19.9 Å². The number of anilines is 1. The minimum absolute atomic E-state index is 0.0799. The summed E-state index contributed by atoms with van der Waals surface area (Å²) in [6.45, 7) is 4.04. The van der Waals surface area contributed by atoms with E-state index in [1.165, 1.54) is 18.7 Å². The second-order valence-corrected chi connectivity index (χ2v) is 6.18. The maximum Gasteiger partial charge on any atom is 0.332 e. The van der Waals surface area contributed by atoms with Gasteiger partial charge >= 0.3 is 5.69 Å². The zero-order valence-corrected chi connectivity index (χ0v) is 15.0. The lowest BCUT2D eigenvalue weighted by Gasteiger charge is -2.26. The first kappa shape index (κ1) is 18.3. The van der Waals surface area contributed by atoms with E-state index in [1.807, 2.05) is 44.2 Å². The minimum atomic E-state index is -0.606. The first-order chi connectivity index (χ1) is 11.8. The van der Waals surface area contributed by atoms with Gasteiger partial charge in [0.25, 0.3) is 5.56 Å². The molecule has 2 aromatic rings. The van der Waals surface area contributed by atoms with Crippen LogP contribution in [0, 0.1) is 17.2 Å². The molecule has 1 N–H and O–H groups in total. The number of methoxy groups -OCH3 is 1. The van der Waals surface area contributed by atoms with Crippen LogP contribution in [0.2, 0.25) is 0 Å². The molecule has 1 aromatic carbocycles. The van der Waals surface area contributed by atoms with Crippen LogP contribution in [0.3, 0.4) is 0 Å². The summed E-state index contributed by atoms with van der Waals surface area (Å²) in [7, 11) is 4.50. The van der Waals surface area contributed by atoms with Crippen molar-refractivity contribution >= 4 is 5.82 Å². The van der Waals surface area contributed by atoms with Gasteiger partial charge < -0.3 is 10.1 Å². The van der Waals surface area contributed by atoms with Gasteiger partial charge in [0.05, 0.1) is 13.2 Å². The van der Waals surface area contributed by atoms with Gasteiger partial charge in [0.15, 0.2) is 5.56 Å². The lowest BCUT2D eigenvalue weighted by molar-refractivity contribution is 0.414. The van der Waals surface area contributed by atoms with Crippen LogP contribution >= 0.6 is 0 Å². The maximum absolute atomic E-state index is 12.2. The number of nitriles is 1. The Labute approximate surface area is 146 Å². The second-order valence-electron chi connectivity index (χ2n) is 6.18. The average molecular weight is 342 g/mol. The van der Waals surface area contributed by atoms with E-state index in [2.05, 4.69) is 5.32 Å². The van der Waals surface area contributed by atoms with Gasteiger partial charge in [-0.15, -0.1) is 0 Å². The highest BCUT2D eigenvalue weighted by atomic mass is 16.5. The summed E-state index contributed by atoms with van der Waals surface area (Å²) in [5.74, 6) is 1.12. The van der Waals surface area contributed by atoms with E-state index in [9.17, 15) is 14.9 Å². The molecule has 0 fully saturated rings. The van der Waals surface area contributed by atoms with E-state index in [1.54, 1.807) is 7.11 Å². The van der Waals surface area contributed by atoms with Crippen molar-refractivity contribution in [1.82, 2.24) is 9.13 Å². The second kappa shape index (κ2) is 7.26. The summed E-state index contributed by atoms with van der Waals surface area (Å²) >= 11 is 0. The molecule has 7 heteroatoms. The zero-order valence-electron chi connectivity index (χ0n) is 15.0. The van der Waals surface area contributed by atoms with E-state index in [-0.39, 0.29) is 23.3 Å². The topological polar surface area (TPSA) is 89.1 Å². The number of hydrogen-bond donors (Lipinski definition) is 1. The Morgan fingerprint density at radius 3 is 2.20 bits per heavy atom. The predicted octanol–water partition coefficient (Wildman–Crippen LogP) is 1.77. The van der Waals surface area contributed by atoms with Crippen LogP contribution in [0.15, 0.2) is 33.9 Å². The zero-order chi connectivity index (χ0) is 18.7. The number of aromatic nitrogens is 2. The largest absolute Gasteiger partial charge is 0.497 e. The quantitative estimate of drug-likeness (QED) is 0.894. The van der Waals surface area contributed by atoms with Crippen molar-refractivity contribution in [2.24, 2.45) is 20.0 Å². The normalized spacial score (nSPS) is 11.9. The summed E-state index contributed by atoms with van der Waals surface area (Å²) in [5.41, 5.74) is -0.203.